The quantitative estimate of drug-likeness (QED) is 0.612. The van der Waals surface area contributed by atoms with Crippen LogP contribution in [0.3, 0.4) is 0 Å². The molecule has 1 spiro atoms. The van der Waals surface area contributed by atoms with Crippen molar-refractivity contribution in [2.24, 2.45) is 0 Å². The molecule has 1 aliphatic heterocycles. The lowest BCUT2D eigenvalue weighted by atomic mass is 9.80. The summed E-state index contributed by atoms with van der Waals surface area (Å²) in [5.41, 5.74) is 0.523. The fraction of sp³-hybridized carbons (Fsp3) is 1.00. The van der Waals surface area contributed by atoms with E-state index in [0.717, 1.165) is 0 Å². The third-order valence-corrected chi connectivity index (χ3v) is 3.90. The molecule has 1 heterocycles. The summed E-state index contributed by atoms with van der Waals surface area (Å²) in [6, 6.07) is 0. The first kappa shape index (κ1) is 9.47. The van der Waals surface area contributed by atoms with Crippen LogP contribution in [0.5, 0.6) is 0 Å². The highest BCUT2D eigenvalue weighted by Gasteiger charge is 2.36. The predicted molar refractivity (Wildman–Crippen MR) is 55.9 cm³/mol. The van der Waals surface area contributed by atoms with Crippen molar-refractivity contribution in [3.05, 3.63) is 0 Å². The van der Waals surface area contributed by atoms with E-state index in [1.165, 1.54) is 58.2 Å². The van der Waals surface area contributed by atoms with E-state index in [9.17, 15) is 0 Å². The van der Waals surface area contributed by atoms with E-state index in [2.05, 4.69) is 17.3 Å². The molecule has 0 unspecified atom stereocenters. The topological polar surface area (TPSA) is 15.3 Å². The SMILES string of the molecule is CN1CCCNCC12CCCCC2. The summed E-state index contributed by atoms with van der Waals surface area (Å²) >= 11 is 0. The highest BCUT2D eigenvalue weighted by molar-refractivity contribution is 4.95. The molecule has 0 atom stereocenters. The van der Waals surface area contributed by atoms with Crippen molar-refractivity contribution in [3.63, 3.8) is 0 Å². The van der Waals surface area contributed by atoms with Gasteiger partial charge < -0.3 is 5.32 Å². The van der Waals surface area contributed by atoms with E-state index in [1.807, 2.05) is 0 Å². The molecule has 1 aliphatic carbocycles. The van der Waals surface area contributed by atoms with Crippen LogP contribution >= 0.6 is 0 Å². The molecule has 1 saturated carbocycles. The molecular weight excluding hydrogens is 160 g/mol. The van der Waals surface area contributed by atoms with E-state index in [1.54, 1.807) is 0 Å². The molecule has 1 N–H and O–H groups in total. The standard InChI is InChI=1S/C11H22N2/c1-13-9-5-8-12-10-11(13)6-3-2-4-7-11/h12H,2-10H2,1H3. The first-order chi connectivity index (χ1) is 6.33. The molecule has 13 heavy (non-hydrogen) atoms. The Morgan fingerprint density at radius 2 is 1.85 bits per heavy atom. The van der Waals surface area contributed by atoms with Crippen LogP contribution in [0, 0.1) is 0 Å². The van der Waals surface area contributed by atoms with Crippen LogP contribution < -0.4 is 5.32 Å². The number of rotatable bonds is 0. The molecule has 1 saturated heterocycles. The van der Waals surface area contributed by atoms with Gasteiger partial charge in [-0.1, -0.05) is 19.3 Å². The minimum atomic E-state index is 0.523. The zero-order chi connectivity index (χ0) is 9.15. The van der Waals surface area contributed by atoms with Crippen molar-refractivity contribution in [3.8, 4) is 0 Å². The number of hydrogen-bond acceptors (Lipinski definition) is 2. The van der Waals surface area contributed by atoms with Gasteiger partial charge in [0, 0.05) is 12.1 Å². The van der Waals surface area contributed by atoms with Crippen molar-refractivity contribution in [2.75, 3.05) is 26.7 Å². The second-order valence-corrected chi connectivity index (χ2v) is 4.74. The van der Waals surface area contributed by atoms with Gasteiger partial charge >= 0.3 is 0 Å². The summed E-state index contributed by atoms with van der Waals surface area (Å²) in [6.45, 7) is 3.72. The Morgan fingerprint density at radius 1 is 1.08 bits per heavy atom. The number of likely N-dealkylation sites (N-methyl/N-ethyl adjacent to an activating group) is 1. The summed E-state index contributed by atoms with van der Waals surface area (Å²) in [4.78, 5) is 2.62. The highest BCUT2D eigenvalue weighted by atomic mass is 15.2. The van der Waals surface area contributed by atoms with E-state index in [-0.39, 0.29) is 0 Å². The van der Waals surface area contributed by atoms with Gasteiger partial charge in [-0.05, 0) is 39.4 Å². The maximum Gasteiger partial charge on any atom is 0.0330 e. The van der Waals surface area contributed by atoms with Crippen LogP contribution in [0.25, 0.3) is 0 Å². The van der Waals surface area contributed by atoms with E-state index >= 15 is 0 Å². The molecule has 0 radical (unpaired) electrons. The molecule has 0 aromatic heterocycles. The summed E-state index contributed by atoms with van der Waals surface area (Å²) in [5.74, 6) is 0. The van der Waals surface area contributed by atoms with Crippen LogP contribution in [0.2, 0.25) is 0 Å². The Bertz CT molecular complexity index is 161. The molecular formula is C11H22N2. The Balaban J connectivity index is 2.06. The minimum absolute atomic E-state index is 0.523. The van der Waals surface area contributed by atoms with Crippen molar-refractivity contribution in [1.29, 1.82) is 0 Å². The largest absolute Gasteiger partial charge is 0.315 e. The van der Waals surface area contributed by atoms with Gasteiger partial charge in [-0.15, -0.1) is 0 Å². The van der Waals surface area contributed by atoms with Crippen LogP contribution in [-0.4, -0.2) is 37.1 Å². The average Bonchev–Trinajstić information content (AvgIpc) is 2.33. The molecule has 2 heteroatoms. The van der Waals surface area contributed by atoms with Crippen molar-refractivity contribution < 1.29 is 0 Å². The second-order valence-electron chi connectivity index (χ2n) is 4.74. The van der Waals surface area contributed by atoms with Crippen LogP contribution in [-0.2, 0) is 0 Å². The highest BCUT2D eigenvalue weighted by Crippen LogP contribution is 2.33. The van der Waals surface area contributed by atoms with Crippen LogP contribution in [0.1, 0.15) is 38.5 Å². The lowest BCUT2D eigenvalue weighted by Crippen LogP contribution is -2.52. The summed E-state index contributed by atoms with van der Waals surface area (Å²) in [7, 11) is 2.32. The molecule has 0 aromatic rings. The van der Waals surface area contributed by atoms with Gasteiger partial charge in [0.15, 0.2) is 0 Å². The zero-order valence-electron chi connectivity index (χ0n) is 8.81. The Labute approximate surface area is 81.7 Å². The van der Waals surface area contributed by atoms with Gasteiger partial charge in [-0.2, -0.15) is 0 Å². The summed E-state index contributed by atoms with van der Waals surface area (Å²) in [5, 5.41) is 3.60. The van der Waals surface area contributed by atoms with E-state index in [4.69, 9.17) is 0 Å². The number of nitrogens with one attached hydrogen (secondary N) is 1. The van der Waals surface area contributed by atoms with Crippen LogP contribution in [0.4, 0.5) is 0 Å². The molecule has 2 fully saturated rings. The number of nitrogens with zero attached hydrogens (tertiary/aromatic N) is 1. The third kappa shape index (κ3) is 1.89. The fourth-order valence-electron chi connectivity index (χ4n) is 2.90. The van der Waals surface area contributed by atoms with Gasteiger partial charge in [-0.3, -0.25) is 4.90 Å². The van der Waals surface area contributed by atoms with Crippen molar-refractivity contribution in [2.45, 2.75) is 44.1 Å². The average molecular weight is 182 g/mol. The minimum Gasteiger partial charge on any atom is -0.315 e. The van der Waals surface area contributed by atoms with Gasteiger partial charge in [0.25, 0.3) is 0 Å². The molecule has 76 valence electrons. The van der Waals surface area contributed by atoms with Gasteiger partial charge in [0.05, 0.1) is 0 Å². The van der Waals surface area contributed by atoms with Crippen molar-refractivity contribution in [1.82, 2.24) is 10.2 Å². The normalized spacial score (nSPS) is 30.2. The summed E-state index contributed by atoms with van der Waals surface area (Å²) < 4.78 is 0. The number of hydrogen-bond donors (Lipinski definition) is 1. The Kier molecular flexibility index (Phi) is 2.89. The van der Waals surface area contributed by atoms with Crippen LogP contribution in [0.15, 0.2) is 0 Å². The van der Waals surface area contributed by atoms with Gasteiger partial charge in [-0.25, -0.2) is 0 Å². The van der Waals surface area contributed by atoms with Gasteiger partial charge in [0.2, 0.25) is 0 Å². The molecule has 2 nitrogen and oxygen atoms in total. The first-order valence-electron chi connectivity index (χ1n) is 5.75. The predicted octanol–water partition coefficient (Wildman–Crippen LogP) is 1.61. The Hall–Kier alpha value is -0.0800. The monoisotopic (exact) mass is 182 g/mol. The van der Waals surface area contributed by atoms with E-state index in [0.29, 0.717) is 5.54 Å². The zero-order valence-corrected chi connectivity index (χ0v) is 8.81. The molecule has 0 amide bonds. The maximum atomic E-state index is 3.60. The lowest BCUT2D eigenvalue weighted by molar-refractivity contribution is 0.0870. The first-order valence-corrected chi connectivity index (χ1v) is 5.75. The second kappa shape index (κ2) is 3.97. The lowest BCUT2D eigenvalue weighted by Gasteiger charge is -2.43. The molecule has 0 bridgehead atoms. The van der Waals surface area contributed by atoms with E-state index < -0.39 is 0 Å². The smallest absolute Gasteiger partial charge is 0.0330 e. The summed E-state index contributed by atoms with van der Waals surface area (Å²) in [6.07, 6.45) is 8.47. The molecule has 2 aliphatic rings. The third-order valence-electron chi connectivity index (χ3n) is 3.90. The van der Waals surface area contributed by atoms with Gasteiger partial charge in [0.1, 0.15) is 0 Å². The maximum absolute atomic E-state index is 3.60. The molecule has 0 aromatic carbocycles. The van der Waals surface area contributed by atoms with Crippen molar-refractivity contribution >= 4 is 0 Å². The Morgan fingerprint density at radius 3 is 2.62 bits per heavy atom. The molecule has 2 rings (SSSR count). The fourth-order valence-corrected chi connectivity index (χ4v) is 2.90.